The van der Waals surface area contributed by atoms with Crippen LogP contribution >= 0.6 is 0 Å². The Hall–Kier alpha value is -2.84. The van der Waals surface area contributed by atoms with Gasteiger partial charge in [0, 0.05) is 18.3 Å². The first-order chi connectivity index (χ1) is 12.1. The van der Waals surface area contributed by atoms with E-state index in [0.29, 0.717) is 5.56 Å². The molecule has 0 aliphatic heterocycles. The molecule has 0 bridgehead atoms. The number of hydrogen-bond donors (Lipinski definition) is 3. The standard InChI is InChI=1S/C16H23N5O4/c1-24-14-11(10-17-16(19-14)25-2)8-9-13(22)20-21-15(23)18-12-6-4-3-5-7-12/h8-10,12H,3-7H2,1-2H3,(H,20,22)(H2,18,21,23)/b9-8-. The molecule has 1 aliphatic carbocycles. The van der Waals surface area contributed by atoms with Crippen molar-refractivity contribution in [3.63, 3.8) is 0 Å². The average molecular weight is 349 g/mol. The van der Waals surface area contributed by atoms with Gasteiger partial charge in [0.1, 0.15) is 0 Å². The molecule has 0 saturated heterocycles. The van der Waals surface area contributed by atoms with E-state index < -0.39 is 11.9 Å². The lowest BCUT2D eigenvalue weighted by molar-refractivity contribution is -0.117. The number of hydrogen-bond acceptors (Lipinski definition) is 6. The number of nitrogens with zero attached hydrogens (tertiary/aromatic N) is 2. The number of ether oxygens (including phenoxy) is 2. The summed E-state index contributed by atoms with van der Waals surface area (Å²) in [5.74, 6) is -0.212. The van der Waals surface area contributed by atoms with Crippen LogP contribution in [0.1, 0.15) is 37.7 Å². The third-order valence-electron chi connectivity index (χ3n) is 3.79. The molecular formula is C16H23N5O4. The monoisotopic (exact) mass is 349 g/mol. The highest BCUT2D eigenvalue weighted by Crippen LogP contribution is 2.18. The molecule has 1 aliphatic rings. The zero-order valence-electron chi connectivity index (χ0n) is 14.4. The normalized spacial score (nSPS) is 14.8. The highest BCUT2D eigenvalue weighted by atomic mass is 16.5. The van der Waals surface area contributed by atoms with Crippen molar-refractivity contribution in [3.05, 3.63) is 17.8 Å². The molecule has 3 amide bonds. The van der Waals surface area contributed by atoms with E-state index in [1.54, 1.807) is 0 Å². The second-order valence-electron chi connectivity index (χ2n) is 5.58. The van der Waals surface area contributed by atoms with Gasteiger partial charge in [0.25, 0.3) is 5.91 Å². The smallest absolute Gasteiger partial charge is 0.333 e. The molecule has 1 fully saturated rings. The van der Waals surface area contributed by atoms with Crippen molar-refractivity contribution in [2.24, 2.45) is 0 Å². The zero-order valence-corrected chi connectivity index (χ0v) is 14.4. The Morgan fingerprint density at radius 1 is 1.16 bits per heavy atom. The first-order valence-electron chi connectivity index (χ1n) is 8.12. The topological polar surface area (TPSA) is 114 Å². The molecule has 25 heavy (non-hydrogen) atoms. The highest BCUT2D eigenvalue weighted by Gasteiger charge is 2.15. The Kier molecular flexibility index (Phi) is 7.00. The number of methoxy groups -OCH3 is 2. The summed E-state index contributed by atoms with van der Waals surface area (Å²) >= 11 is 0. The lowest BCUT2D eigenvalue weighted by Crippen LogP contribution is -2.49. The first kappa shape index (κ1) is 18.5. The molecule has 0 radical (unpaired) electrons. The predicted octanol–water partition coefficient (Wildman–Crippen LogP) is 1.17. The lowest BCUT2D eigenvalue weighted by atomic mass is 9.96. The summed E-state index contributed by atoms with van der Waals surface area (Å²) in [6.45, 7) is 0. The molecule has 1 heterocycles. The lowest BCUT2D eigenvalue weighted by Gasteiger charge is -2.22. The number of urea groups is 1. The van der Waals surface area contributed by atoms with E-state index in [-0.39, 0.29) is 17.9 Å². The molecule has 1 aromatic rings. The van der Waals surface area contributed by atoms with E-state index in [9.17, 15) is 9.59 Å². The molecule has 1 aromatic heterocycles. The number of rotatable bonds is 5. The minimum Gasteiger partial charge on any atom is -0.480 e. The Balaban J connectivity index is 1.81. The van der Waals surface area contributed by atoms with Crippen molar-refractivity contribution in [1.82, 2.24) is 26.1 Å². The van der Waals surface area contributed by atoms with Crippen molar-refractivity contribution in [3.8, 4) is 11.9 Å². The van der Waals surface area contributed by atoms with E-state index in [0.717, 1.165) is 25.7 Å². The van der Waals surface area contributed by atoms with Gasteiger partial charge in [-0.3, -0.25) is 10.2 Å². The van der Waals surface area contributed by atoms with Crippen LogP contribution in [0.2, 0.25) is 0 Å². The predicted molar refractivity (Wildman–Crippen MR) is 90.9 cm³/mol. The van der Waals surface area contributed by atoms with E-state index >= 15 is 0 Å². The number of aromatic nitrogens is 2. The third-order valence-corrected chi connectivity index (χ3v) is 3.79. The van der Waals surface area contributed by atoms with Crippen LogP contribution in [0.15, 0.2) is 12.3 Å². The van der Waals surface area contributed by atoms with Crippen LogP contribution in [0, 0.1) is 0 Å². The first-order valence-corrected chi connectivity index (χ1v) is 8.12. The van der Waals surface area contributed by atoms with Crippen LogP contribution in [0.4, 0.5) is 4.79 Å². The maximum absolute atomic E-state index is 11.8. The fraction of sp³-hybridized carbons (Fsp3) is 0.500. The summed E-state index contributed by atoms with van der Waals surface area (Å²) in [7, 11) is 2.90. The molecule has 9 nitrogen and oxygen atoms in total. The summed E-state index contributed by atoms with van der Waals surface area (Å²) in [5, 5.41) is 2.84. The van der Waals surface area contributed by atoms with Gasteiger partial charge in [-0.2, -0.15) is 4.98 Å². The second kappa shape index (κ2) is 9.45. The van der Waals surface area contributed by atoms with E-state index in [1.165, 1.54) is 39.0 Å². The molecule has 136 valence electrons. The van der Waals surface area contributed by atoms with Gasteiger partial charge < -0.3 is 14.8 Å². The van der Waals surface area contributed by atoms with Crippen molar-refractivity contribution in [1.29, 1.82) is 0 Å². The number of nitrogens with one attached hydrogen (secondary N) is 3. The summed E-state index contributed by atoms with van der Waals surface area (Å²) in [6, 6.07) is -0.0829. The van der Waals surface area contributed by atoms with Gasteiger partial charge in [-0.15, -0.1) is 0 Å². The molecule has 3 N–H and O–H groups in total. The van der Waals surface area contributed by atoms with Gasteiger partial charge in [-0.25, -0.2) is 15.2 Å². The number of hydrazine groups is 1. The quantitative estimate of drug-likeness (QED) is 0.543. The van der Waals surface area contributed by atoms with Crippen LogP contribution < -0.4 is 25.6 Å². The zero-order chi connectivity index (χ0) is 18.1. The van der Waals surface area contributed by atoms with Crippen molar-refractivity contribution in [2.75, 3.05) is 14.2 Å². The molecular weight excluding hydrogens is 326 g/mol. The third kappa shape index (κ3) is 5.94. The summed E-state index contributed by atoms with van der Waals surface area (Å²) in [5.41, 5.74) is 5.14. The Morgan fingerprint density at radius 3 is 2.60 bits per heavy atom. The molecule has 2 rings (SSSR count). The van der Waals surface area contributed by atoms with E-state index in [4.69, 9.17) is 9.47 Å². The molecule has 0 aromatic carbocycles. The molecule has 9 heteroatoms. The van der Waals surface area contributed by atoms with Crippen molar-refractivity contribution in [2.45, 2.75) is 38.1 Å². The van der Waals surface area contributed by atoms with E-state index in [1.807, 2.05) is 0 Å². The van der Waals surface area contributed by atoms with Crippen molar-refractivity contribution >= 4 is 18.0 Å². The number of carbonyl (C=O) groups is 2. The molecule has 0 unspecified atom stereocenters. The van der Waals surface area contributed by atoms with Crippen LogP contribution in [0.25, 0.3) is 6.08 Å². The summed E-state index contributed by atoms with van der Waals surface area (Å²) in [6.07, 6.45) is 9.58. The minimum absolute atomic E-state index is 0.166. The molecule has 0 spiro atoms. The maximum Gasteiger partial charge on any atom is 0.333 e. The average Bonchev–Trinajstić information content (AvgIpc) is 2.65. The van der Waals surface area contributed by atoms with Gasteiger partial charge >= 0.3 is 12.0 Å². The van der Waals surface area contributed by atoms with Gasteiger partial charge in [0.15, 0.2) is 0 Å². The van der Waals surface area contributed by atoms with Gasteiger partial charge in [0.05, 0.1) is 19.8 Å². The summed E-state index contributed by atoms with van der Waals surface area (Å²) < 4.78 is 10.0. The number of carbonyl (C=O) groups excluding carboxylic acids is 2. The molecule has 0 atom stereocenters. The Bertz CT molecular complexity index is 629. The van der Waals surface area contributed by atoms with Crippen LogP contribution in [0.5, 0.6) is 11.9 Å². The SMILES string of the molecule is COc1ncc(/C=C\C(=O)NNC(=O)NC2CCCCC2)c(OC)n1. The van der Waals surface area contributed by atoms with Crippen LogP contribution in [0.3, 0.4) is 0 Å². The fourth-order valence-corrected chi connectivity index (χ4v) is 2.53. The Labute approximate surface area is 146 Å². The van der Waals surface area contributed by atoms with E-state index in [2.05, 4.69) is 26.1 Å². The van der Waals surface area contributed by atoms with Crippen LogP contribution in [-0.4, -0.2) is 42.2 Å². The number of amides is 3. The van der Waals surface area contributed by atoms with Gasteiger partial charge in [0.2, 0.25) is 5.88 Å². The second-order valence-corrected chi connectivity index (χ2v) is 5.58. The molecule has 1 saturated carbocycles. The Morgan fingerprint density at radius 2 is 1.92 bits per heavy atom. The van der Waals surface area contributed by atoms with Crippen molar-refractivity contribution < 1.29 is 19.1 Å². The minimum atomic E-state index is -0.489. The maximum atomic E-state index is 11.8. The highest BCUT2D eigenvalue weighted by molar-refractivity contribution is 5.93. The largest absolute Gasteiger partial charge is 0.480 e. The summed E-state index contributed by atoms with van der Waals surface area (Å²) in [4.78, 5) is 31.5. The fourth-order valence-electron chi connectivity index (χ4n) is 2.53. The van der Waals surface area contributed by atoms with Crippen LogP contribution in [-0.2, 0) is 4.79 Å². The van der Waals surface area contributed by atoms with Gasteiger partial charge in [-0.1, -0.05) is 19.3 Å². The van der Waals surface area contributed by atoms with Gasteiger partial charge in [-0.05, 0) is 18.9 Å².